The number of hydrogen-bond acceptors (Lipinski definition) is 4. The van der Waals surface area contributed by atoms with E-state index in [1.54, 1.807) is 7.05 Å². The first-order valence-corrected chi connectivity index (χ1v) is 15.8. The van der Waals surface area contributed by atoms with Crippen molar-refractivity contribution in [3.05, 3.63) is 34.8 Å². The molecule has 6 rings (SSSR count). The van der Waals surface area contributed by atoms with Gasteiger partial charge in [-0.2, -0.15) is 0 Å². The maximum Gasteiger partial charge on any atom is 0.243 e. The molecule has 7 nitrogen and oxygen atoms in total. The van der Waals surface area contributed by atoms with E-state index < -0.39 is 16.4 Å². The Morgan fingerprint density at radius 2 is 1.55 bits per heavy atom. The number of hydrogen-bond donors (Lipinski definition) is 0. The lowest BCUT2D eigenvalue weighted by molar-refractivity contribution is -0.189. The molecule has 226 valence electrons. The molecule has 0 unspecified atom stereocenters. The highest BCUT2D eigenvalue weighted by Gasteiger charge is 2.71. The van der Waals surface area contributed by atoms with E-state index in [1.165, 1.54) is 4.90 Å². The number of rotatable bonds is 1. The molecule has 0 bridgehead atoms. The van der Waals surface area contributed by atoms with Crippen molar-refractivity contribution in [3.63, 3.8) is 0 Å². The van der Waals surface area contributed by atoms with Gasteiger partial charge in [0.15, 0.2) is 11.6 Å². The highest BCUT2D eigenvalue weighted by molar-refractivity contribution is 6.03. The number of allylic oxidation sites excluding steroid dienone is 4. The molecule has 7 heteroatoms. The first kappa shape index (κ1) is 29.3. The molecule has 0 aromatic rings. The van der Waals surface area contributed by atoms with Crippen molar-refractivity contribution in [2.24, 2.45) is 44.8 Å². The SMILES string of the molecule is [C-]#[N+]C1=C[C@]2(C)C3=CC(=O)[C@@H]4[C@@H]5CC(C)(C)CC[C@]5(N5CC(=O)N(C)CC5=O)CC[C@@]4(C)[C@]3(C)CC[C@H]2C(C)(C)C1=O. The molecule has 1 aliphatic heterocycles. The lowest BCUT2D eigenvalue weighted by atomic mass is 9.35. The fraction of sp³-hybridized carbons (Fsp3) is 0.743. The van der Waals surface area contributed by atoms with Crippen molar-refractivity contribution in [3.8, 4) is 0 Å². The molecule has 7 atom stereocenters. The van der Waals surface area contributed by atoms with Crippen molar-refractivity contribution in [1.29, 1.82) is 0 Å². The summed E-state index contributed by atoms with van der Waals surface area (Å²) in [5.74, 6) is -0.285. The van der Waals surface area contributed by atoms with E-state index in [4.69, 9.17) is 6.57 Å². The van der Waals surface area contributed by atoms with Gasteiger partial charge in [0, 0.05) is 29.3 Å². The summed E-state index contributed by atoms with van der Waals surface area (Å²) in [4.78, 5) is 61.6. The number of ketones is 2. The Bertz CT molecular complexity index is 1420. The quantitative estimate of drug-likeness (QED) is 0.382. The summed E-state index contributed by atoms with van der Waals surface area (Å²) in [5.41, 5.74) is -1.08. The van der Waals surface area contributed by atoms with Crippen LogP contribution >= 0.6 is 0 Å². The molecule has 1 saturated heterocycles. The Kier molecular flexibility index (Phi) is 6.05. The lowest BCUT2D eigenvalue weighted by Gasteiger charge is -2.70. The van der Waals surface area contributed by atoms with E-state index in [1.807, 2.05) is 30.9 Å². The Balaban J connectivity index is 1.51. The predicted molar refractivity (Wildman–Crippen MR) is 160 cm³/mol. The summed E-state index contributed by atoms with van der Waals surface area (Å²) >= 11 is 0. The molecule has 3 saturated carbocycles. The Hall–Kier alpha value is -2.75. The fourth-order valence-corrected chi connectivity index (χ4v) is 11.2. The summed E-state index contributed by atoms with van der Waals surface area (Å²) < 4.78 is 0. The molecule has 42 heavy (non-hydrogen) atoms. The maximum absolute atomic E-state index is 14.7. The van der Waals surface area contributed by atoms with Crippen LogP contribution in [0.3, 0.4) is 0 Å². The molecule has 0 N–H and O–H groups in total. The molecule has 0 aromatic heterocycles. The molecule has 4 fully saturated rings. The number of amides is 2. The van der Waals surface area contributed by atoms with Gasteiger partial charge in [0.1, 0.15) is 6.54 Å². The summed E-state index contributed by atoms with van der Waals surface area (Å²) in [6, 6.07) is 0. The van der Waals surface area contributed by atoms with Crippen molar-refractivity contribution in [2.75, 3.05) is 20.1 Å². The minimum absolute atomic E-state index is 0.00459. The maximum atomic E-state index is 14.7. The van der Waals surface area contributed by atoms with Gasteiger partial charge in [-0.3, -0.25) is 14.4 Å². The van der Waals surface area contributed by atoms with E-state index in [2.05, 4.69) is 39.5 Å². The molecule has 0 spiro atoms. The third-order valence-corrected chi connectivity index (χ3v) is 13.7. The summed E-state index contributed by atoms with van der Waals surface area (Å²) in [7, 11) is 1.69. The highest BCUT2D eigenvalue weighted by Crippen LogP contribution is 2.74. The van der Waals surface area contributed by atoms with Crippen LogP contribution in [0.15, 0.2) is 23.4 Å². The van der Waals surface area contributed by atoms with Gasteiger partial charge < -0.3 is 14.6 Å². The van der Waals surface area contributed by atoms with Crippen molar-refractivity contribution < 1.29 is 19.2 Å². The van der Waals surface area contributed by atoms with Crippen LogP contribution in [0.25, 0.3) is 4.85 Å². The number of Topliss-reactive ketones (excluding diaryl/α,β-unsaturated/α-hetero) is 1. The third kappa shape index (κ3) is 3.50. The predicted octanol–water partition coefficient (Wildman–Crippen LogP) is 5.61. The Morgan fingerprint density at radius 1 is 0.881 bits per heavy atom. The molecular formula is C35H47N3O4. The van der Waals surface area contributed by atoms with Gasteiger partial charge in [-0.05, 0) is 79.1 Å². The van der Waals surface area contributed by atoms with Crippen LogP contribution in [0, 0.1) is 51.4 Å². The van der Waals surface area contributed by atoms with Crippen LogP contribution in [0.5, 0.6) is 0 Å². The zero-order valence-electron chi connectivity index (χ0n) is 26.7. The second kappa shape index (κ2) is 8.67. The summed E-state index contributed by atoms with van der Waals surface area (Å²) in [6.07, 6.45) is 9.74. The molecular weight excluding hydrogens is 526 g/mol. The minimum atomic E-state index is -0.685. The molecule has 1 heterocycles. The van der Waals surface area contributed by atoms with Crippen LogP contribution in [-0.2, 0) is 19.2 Å². The van der Waals surface area contributed by atoms with Crippen LogP contribution in [0.1, 0.15) is 93.4 Å². The van der Waals surface area contributed by atoms with Crippen molar-refractivity contribution >= 4 is 23.4 Å². The van der Waals surface area contributed by atoms with Crippen LogP contribution < -0.4 is 0 Å². The third-order valence-electron chi connectivity index (χ3n) is 13.7. The minimum Gasteiger partial charge on any atom is -0.335 e. The van der Waals surface area contributed by atoms with Crippen LogP contribution in [0.4, 0.5) is 0 Å². The van der Waals surface area contributed by atoms with Gasteiger partial charge in [0.2, 0.25) is 17.5 Å². The zero-order valence-corrected chi connectivity index (χ0v) is 26.7. The molecule has 5 aliphatic carbocycles. The van der Waals surface area contributed by atoms with Crippen molar-refractivity contribution in [1.82, 2.24) is 9.80 Å². The number of carbonyl (C=O) groups is 4. The van der Waals surface area contributed by atoms with E-state index in [9.17, 15) is 19.2 Å². The monoisotopic (exact) mass is 573 g/mol. The van der Waals surface area contributed by atoms with Crippen molar-refractivity contribution in [2.45, 2.75) is 99.0 Å². The molecule has 2 amide bonds. The first-order chi connectivity index (χ1) is 19.4. The Labute approximate surface area is 251 Å². The average molecular weight is 574 g/mol. The van der Waals surface area contributed by atoms with E-state index >= 15 is 0 Å². The molecule has 0 aromatic carbocycles. The number of fused-ring (bicyclic) bond motifs is 7. The average Bonchev–Trinajstić information content (AvgIpc) is 2.89. The van der Waals surface area contributed by atoms with Gasteiger partial charge in [0.25, 0.3) is 0 Å². The van der Waals surface area contributed by atoms with E-state index in [-0.39, 0.29) is 76.2 Å². The van der Waals surface area contributed by atoms with Crippen LogP contribution in [-0.4, -0.2) is 58.9 Å². The van der Waals surface area contributed by atoms with Gasteiger partial charge in [0.05, 0.1) is 13.1 Å². The number of nitrogens with zero attached hydrogens (tertiary/aromatic N) is 3. The number of likely N-dealkylation sites (N-methyl/N-ethyl adjacent to an activating group) is 1. The van der Waals surface area contributed by atoms with Gasteiger partial charge >= 0.3 is 0 Å². The second-order valence-corrected chi connectivity index (χ2v) is 16.6. The van der Waals surface area contributed by atoms with Gasteiger partial charge in [-0.1, -0.05) is 60.1 Å². The zero-order chi connectivity index (χ0) is 30.8. The largest absolute Gasteiger partial charge is 0.335 e. The first-order valence-electron chi connectivity index (χ1n) is 15.8. The highest BCUT2D eigenvalue weighted by atomic mass is 16.2. The molecule has 6 aliphatic rings. The van der Waals surface area contributed by atoms with E-state index in [0.29, 0.717) is 0 Å². The molecule has 0 radical (unpaired) electrons. The summed E-state index contributed by atoms with van der Waals surface area (Å²) in [6.45, 7) is 23.3. The topological polar surface area (TPSA) is 79.1 Å². The van der Waals surface area contributed by atoms with Crippen LogP contribution in [0.2, 0.25) is 0 Å². The number of piperazine rings is 1. The Morgan fingerprint density at radius 3 is 2.21 bits per heavy atom. The fourth-order valence-electron chi connectivity index (χ4n) is 11.2. The lowest BCUT2D eigenvalue weighted by Crippen LogP contribution is -2.72. The van der Waals surface area contributed by atoms with Gasteiger partial charge in [-0.25, -0.2) is 4.85 Å². The second-order valence-electron chi connectivity index (χ2n) is 16.6. The number of carbonyl (C=O) groups excluding carboxylic acids is 4. The smallest absolute Gasteiger partial charge is 0.243 e. The summed E-state index contributed by atoms with van der Waals surface area (Å²) in [5, 5.41) is 0. The van der Waals surface area contributed by atoms with Gasteiger partial charge in [-0.15, -0.1) is 0 Å². The standard InChI is InChI=1S/C35H47N3O4/c1-30(2)12-14-35(38-20-26(40)37(9)19-27(38)41)15-13-34(7)28(21(35)17-30)23(39)16-25-32(5)18-22(36-8)29(42)31(3,4)24(32)10-11-33(25,34)6/h16,18,21,24,28H,10-15,17,19-20H2,1-7,9H3/t21-,24-,28-,32-,33+,34+,35-/m0/s1. The normalized spacial score (nSPS) is 44.2. The van der Waals surface area contributed by atoms with E-state index in [0.717, 1.165) is 50.5 Å².